The Morgan fingerprint density at radius 2 is 1.84 bits per heavy atom. The summed E-state index contributed by atoms with van der Waals surface area (Å²) in [7, 11) is 8.11. The largest absolute Gasteiger partial charge is 0.369 e. The molecule has 0 atom stereocenters. The second-order valence-corrected chi connectivity index (χ2v) is 4.91. The van der Waals surface area contributed by atoms with Crippen molar-refractivity contribution in [3.63, 3.8) is 0 Å². The van der Waals surface area contributed by atoms with Crippen LogP contribution in [0.4, 0.5) is 11.6 Å². The Labute approximate surface area is 116 Å². The number of hydrogen-bond donors (Lipinski definition) is 2. The smallest absolute Gasteiger partial charge is 0.134 e. The van der Waals surface area contributed by atoms with Crippen molar-refractivity contribution in [1.82, 2.24) is 20.2 Å². The highest BCUT2D eigenvalue weighted by Crippen LogP contribution is 2.14. The van der Waals surface area contributed by atoms with E-state index in [-0.39, 0.29) is 0 Å². The SMILES string of the molecule is CNCCN(C)c1cc(NCCN(C)C)nc(C)n1. The fourth-order valence-electron chi connectivity index (χ4n) is 1.64. The van der Waals surface area contributed by atoms with Gasteiger partial charge in [0.2, 0.25) is 0 Å². The van der Waals surface area contributed by atoms with Crippen LogP contribution in [-0.4, -0.2) is 69.2 Å². The first kappa shape index (κ1) is 15.7. The molecule has 108 valence electrons. The number of aromatic nitrogens is 2. The van der Waals surface area contributed by atoms with Crippen molar-refractivity contribution < 1.29 is 0 Å². The third-order valence-corrected chi connectivity index (χ3v) is 2.78. The van der Waals surface area contributed by atoms with Crippen LogP contribution in [-0.2, 0) is 0 Å². The normalized spacial score (nSPS) is 10.8. The molecule has 0 fully saturated rings. The minimum Gasteiger partial charge on any atom is -0.369 e. The van der Waals surface area contributed by atoms with Gasteiger partial charge in [0.1, 0.15) is 17.5 Å². The van der Waals surface area contributed by atoms with E-state index in [0.29, 0.717) is 0 Å². The molecule has 0 saturated carbocycles. The highest BCUT2D eigenvalue weighted by molar-refractivity contribution is 5.48. The van der Waals surface area contributed by atoms with E-state index in [1.54, 1.807) is 0 Å². The van der Waals surface area contributed by atoms with Gasteiger partial charge in [0, 0.05) is 39.3 Å². The molecule has 0 aliphatic heterocycles. The summed E-state index contributed by atoms with van der Waals surface area (Å²) >= 11 is 0. The molecule has 0 aliphatic rings. The molecule has 19 heavy (non-hydrogen) atoms. The summed E-state index contributed by atoms with van der Waals surface area (Å²) in [4.78, 5) is 13.1. The molecule has 0 saturated heterocycles. The van der Waals surface area contributed by atoms with Crippen molar-refractivity contribution in [2.75, 3.05) is 64.6 Å². The zero-order valence-electron chi connectivity index (χ0n) is 12.7. The first-order valence-corrected chi connectivity index (χ1v) is 6.63. The van der Waals surface area contributed by atoms with Crippen molar-refractivity contribution >= 4 is 11.6 Å². The van der Waals surface area contributed by atoms with Crippen LogP contribution < -0.4 is 15.5 Å². The Hall–Kier alpha value is -1.40. The molecule has 1 aromatic heterocycles. The molecule has 1 rings (SSSR count). The van der Waals surface area contributed by atoms with E-state index in [0.717, 1.165) is 43.6 Å². The zero-order chi connectivity index (χ0) is 14.3. The average molecular weight is 266 g/mol. The van der Waals surface area contributed by atoms with Crippen LogP contribution in [0.25, 0.3) is 0 Å². The lowest BCUT2D eigenvalue weighted by Crippen LogP contribution is -2.28. The number of rotatable bonds is 8. The van der Waals surface area contributed by atoms with E-state index in [1.807, 2.05) is 27.1 Å². The fraction of sp³-hybridized carbons (Fsp3) is 0.692. The van der Waals surface area contributed by atoms with Gasteiger partial charge < -0.3 is 20.4 Å². The standard InChI is InChI=1S/C13H26N6/c1-11-16-12(15-7-8-18(3)4)10-13(17-11)19(5)9-6-14-2/h10,14H,6-9H2,1-5H3,(H,15,16,17). The molecule has 6 nitrogen and oxygen atoms in total. The van der Waals surface area contributed by atoms with Crippen molar-refractivity contribution in [1.29, 1.82) is 0 Å². The van der Waals surface area contributed by atoms with Gasteiger partial charge in [-0.3, -0.25) is 0 Å². The number of hydrogen-bond acceptors (Lipinski definition) is 6. The molecule has 1 heterocycles. The summed E-state index contributed by atoms with van der Waals surface area (Å²) in [5.41, 5.74) is 0. The van der Waals surface area contributed by atoms with Crippen molar-refractivity contribution in [2.45, 2.75) is 6.92 Å². The van der Waals surface area contributed by atoms with Crippen LogP contribution in [0.5, 0.6) is 0 Å². The minimum absolute atomic E-state index is 0.793. The van der Waals surface area contributed by atoms with Gasteiger partial charge in [-0.2, -0.15) is 0 Å². The van der Waals surface area contributed by atoms with Crippen LogP contribution in [0.1, 0.15) is 5.82 Å². The van der Waals surface area contributed by atoms with E-state index in [9.17, 15) is 0 Å². The second-order valence-electron chi connectivity index (χ2n) is 4.91. The van der Waals surface area contributed by atoms with Crippen LogP contribution in [0.15, 0.2) is 6.07 Å². The average Bonchev–Trinajstić information content (AvgIpc) is 2.34. The quantitative estimate of drug-likeness (QED) is 0.711. The fourth-order valence-corrected chi connectivity index (χ4v) is 1.64. The Kier molecular flexibility index (Phi) is 6.52. The van der Waals surface area contributed by atoms with Gasteiger partial charge in [0.15, 0.2) is 0 Å². The van der Waals surface area contributed by atoms with Gasteiger partial charge in [-0.05, 0) is 28.1 Å². The van der Waals surface area contributed by atoms with E-state index >= 15 is 0 Å². The Morgan fingerprint density at radius 3 is 2.47 bits per heavy atom. The first-order chi connectivity index (χ1) is 9.02. The molecule has 1 aromatic rings. The van der Waals surface area contributed by atoms with E-state index in [1.165, 1.54) is 0 Å². The summed E-state index contributed by atoms with van der Waals surface area (Å²) in [6.45, 7) is 5.64. The molecule has 0 bridgehead atoms. The summed E-state index contributed by atoms with van der Waals surface area (Å²) < 4.78 is 0. The third kappa shape index (κ3) is 5.85. The van der Waals surface area contributed by atoms with Crippen molar-refractivity contribution in [2.24, 2.45) is 0 Å². The Bertz CT molecular complexity index is 379. The number of likely N-dealkylation sites (N-methyl/N-ethyl adjacent to an activating group) is 3. The molecular weight excluding hydrogens is 240 g/mol. The Balaban J connectivity index is 2.65. The van der Waals surface area contributed by atoms with Crippen LogP contribution in [0.3, 0.4) is 0 Å². The lowest BCUT2D eigenvalue weighted by molar-refractivity contribution is 0.425. The molecule has 0 unspecified atom stereocenters. The number of aryl methyl sites for hydroxylation is 1. The van der Waals surface area contributed by atoms with Gasteiger partial charge in [0.05, 0.1) is 0 Å². The second kappa shape index (κ2) is 7.91. The minimum atomic E-state index is 0.793. The Morgan fingerprint density at radius 1 is 1.11 bits per heavy atom. The van der Waals surface area contributed by atoms with Gasteiger partial charge in [-0.15, -0.1) is 0 Å². The predicted octanol–water partition coefficient (Wildman–Crippen LogP) is 0.414. The number of nitrogens with one attached hydrogen (secondary N) is 2. The molecule has 0 amide bonds. The summed E-state index contributed by atoms with van der Waals surface area (Å²) in [5, 5.41) is 6.47. The van der Waals surface area contributed by atoms with E-state index < -0.39 is 0 Å². The molecule has 0 aliphatic carbocycles. The van der Waals surface area contributed by atoms with Gasteiger partial charge in [0.25, 0.3) is 0 Å². The van der Waals surface area contributed by atoms with E-state index in [4.69, 9.17) is 0 Å². The van der Waals surface area contributed by atoms with Gasteiger partial charge in [-0.1, -0.05) is 0 Å². The monoisotopic (exact) mass is 266 g/mol. The predicted molar refractivity (Wildman–Crippen MR) is 81.0 cm³/mol. The highest BCUT2D eigenvalue weighted by Gasteiger charge is 2.06. The number of nitrogens with zero attached hydrogens (tertiary/aromatic N) is 4. The first-order valence-electron chi connectivity index (χ1n) is 6.63. The highest BCUT2D eigenvalue weighted by atomic mass is 15.2. The van der Waals surface area contributed by atoms with Crippen LogP contribution in [0.2, 0.25) is 0 Å². The maximum atomic E-state index is 4.47. The summed E-state index contributed by atoms with van der Waals surface area (Å²) in [5.74, 6) is 2.64. The summed E-state index contributed by atoms with van der Waals surface area (Å²) in [6, 6.07) is 2.00. The zero-order valence-corrected chi connectivity index (χ0v) is 12.7. The van der Waals surface area contributed by atoms with Gasteiger partial charge >= 0.3 is 0 Å². The van der Waals surface area contributed by atoms with E-state index in [2.05, 4.69) is 44.5 Å². The molecule has 2 N–H and O–H groups in total. The topological polar surface area (TPSA) is 56.3 Å². The molecule has 6 heteroatoms. The van der Waals surface area contributed by atoms with Crippen LogP contribution >= 0.6 is 0 Å². The molecular formula is C13H26N6. The maximum Gasteiger partial charge on any atom is 0.134 e. The summed E-state index contributed by atoms with van der Waals surface area (Å²) in [6.07, 6.45) is 0. The number of anilines is 2. The maximum absolute atomic E-state index is 4.47. The lowest BCUT2D eigenvalue weighted by Gasteiger charge is -2.19. The van der Waals surface area contributed by atoms with Crippen LogP contribution in [0, 0.1) is 6.92 Å². The van der Waals surface area contributed by atoms with Crippen molar-refractivity contribution in [3.05, 3.63) is 11.9 Å². The third-order valence-electron chi connectivity index (χ3n) is 2.78. The molecule has 0 aromatic carbocycles. The molecule has 0 spiro atoms. The van der Waals surface area contributed by atoms with Crippen molar-refractivity contribution in [3.8, 4) is 0 Å². The van der Waals surface area contributed by atoms with Gasteiger partial charge in [-0.25, -0.2) is 9.97 Å². The lowest BCUT2D eigenvalue weighted by atomic mass is 10.4. The molecule has 0 radical (unpaired) electrons.